The Morgan fingerprint density at radius 3 is 0.798 bits per heavy atom. The normalized spacial score (nSPS) is 14.8. The number of unbranched alkanes of at least 4 members (excludes halogenated alkanes) is 37. The molecule has 528 valence electrons. The maximum Gasteiger partial charge on any atom is 0.472 e. The van der Waals surface area contributed by atoms with Gasteiger partial charge in [0.05, 0.1) is 26.4 Å². The van der Waals surface area contributed by atoms with E-state index in [0.29, 0.717) is 25.7 Å². The maximum atomic E-state index is 13.0. The number of aliphatic hydroxyl groups excluding tert-OH is 1. The topological polar surface area (TPSA) is 237 Å². The smallest absolute Gasteiger partial charge is 0.462 e. The minimum atomic E-state index is -4.95. The van der Waals surface area contributed by atoms with Crippen LogP contribution in [-0.2, 0) is 65.4 Å². The van der Waals surface area contributed by atoms with Gasteiger partial charge in [-0.15, -0.1) is 0 Å². The number of carbonyl (C=O) groups is 4. The van der Waals surface area contributed by atoms with Crippen LogP contribution < -0.4 is 0 Å². The Morgan fingerprint density at radius 2 is 0.539 bits per heavy atom. The van der Waals surface area contributed by atoms with Crippen LogP contribution in [0.15, 0.2) is 0 Å². The molecule has 0 aliphatic carbocycles. The molecule has 7 atom stereocenters. The summed E-state index contributed by atoms with van der Waals surface area (Å²) in [4.78, 5) is 72.5. The molecule has 0 amide bonds. The van der Waals surface area contributed by atoms with Crippen molar-refractivity contribution in [3.8, 4) is 0 Å². The standard InChI is InChI=1S/C70H136O17P2/c1-7-11-13-15-17-19-20-21-22-23-24-25-26-27-29-35-42-48-54-69(74)86-65(58-81-68(73)53-47-41-34-31-30-32-38-44-50-62(5)9-3)60-84-88(76,77)82-56-64(71)57-83-89(78,79)85-61-66(59-80-67(72)52-46-40-33-28-18-16-14-12-8-2)87-70(75)55-49-43-37-36-39-45-51-63(6)10-4/h62-66,71H,7-61H2,1-6H3,(H,76,77)(H,78,79)/t62?,63?,64-,65-,66-/m1/s1. The van der Waals surface area contributed by atoms with Gasteiger partial charge in [-0.05, 0) is 37.5 Å². The predicted octanol–water partition coefficient (Wildman–Crippen LogP) is 20.0. The second-order valence-electron chi connectivity index (χ2n) is 25.8. The highest BCUT2D eigenvalue weighted by Gasteiger charge is 2.30. The number of ether oxygens (including phenoxy) is 4. The average molecular weight is 1310 g/mol. The molecule has 0 aromatic rings. The van der Waals surface area contributed by atoms with Crippen LogP contribution in [0.5, 0.6) is 0 Å². The van der Waals surface area contributed by atoms with E-state index in [1.807, 2.05) is 0 Å². The van der Waals surface area contributed by atoms with Crippen molar-refractivity contribution in [1.82, 2.24) is 0 Å². The Morgan fingerprint density at radius 1 is 0.315 bits per heavy atom. The van der Waals surface area contributed by atoms with Gasteiger partial charge in [0.2, 0.25) is 0 Å². The lowest BCUT2D eigenvalue weighted by Gasteiger charge is -2.21. The predicted molar refractivity (Wildman–Crippen MR) is 358 cm³/mol. The quantitative estimate of drug-likeness (QED) is 0.0222. The fraction of sp³-hybridized carbons (Fsp3) is 0.943. The zero-order valence-electron chi connectivity index (χ0n) is 57.7. The minimum Gasteiger partial charge on any atom is -0.462 e. The molecule has 0 fully saturated rings. The number of hydrogen-bond acceptors (Lipinski definition) is 15. The number of hydrogen-bond donors (Lipinski definition) is 3. The van der Waals surface area contributed by atoms with E-state index < -0.39 is 97.5 Å². The molecule has 4 unspecified atom stereocenters. The SMILES string of the molecule is CCCCCCCCCCCCCCCCCCCCC(=O)O[C@H](COC(=O)CCCCCCCCCCC(C)CC)COP(=O)(O)OC[C@@H](O)COP(=O)(O)OC[C@@H](COC(=O)CCCCCCCCCCC)OC(=O)CCCCCCCCC(C)CC. The Bertz CT molecular complexity index is 1740. The van der Waals surface area contributed by atoms with Crippen LogP contribution in [0.1, 0.15) is 356 Å². The molecule has 0 aromatic carbocycles. The van der Waals surface area contributed by atoms with E-state index in [4.69, 9.17) is 37.0 Å². The summed E-state index contributed by atoms with van der Waals surface area (Å²) in [5, 5.41) is 10.6. The first kappa shape index (κ1) is 87.1. The second kappa shape index (κ2) is 62.2. The van der Waals surface area contributed by atoms with Crippen molar-refractivity contribution in [2.45, 2.75) is 374 Å². The van der Waals surface area contributed by atoms with E-state index in [1.165, 1.54) is 173 Å². The molecular formula is C70H136O17P2. The molecule has 0 rings (SSSR count). The van der Waals surface area contributed by atoms with Gasteiger partial charge in [-0.1, -0.05) is 305 Å². The van der Waals surface area contributed by atoms with Gasteiger partial charge >= 0.3 is 39.5 Å². The fourth-order valence-corrected chi connectivity index (χ4v) is 12.1. The molecule has 0 saturated heterocycles. The number of aliphatic hydroxyl groups is 1. The van der Waals surface area contributed by atoms with Crippen LogP contribution in [0.25, 0.3) is 0 Å². The van der Waals surface area contributed by atoms with E-state index in [0.717, 1.165) is 102 Å². The zero-order chi connectivity index (χ0) is 65.7. The largest absolute Gasteiger partial charge is 0.472 e. The molecule has 3 N–H and O–H groups in total. The van der Waals surface area contributed by atoms with Crippen molar-refractivity contribution in [3.05, 3.63) is 0 Å². The van der Waals surface area contributed by atoms with Crippen LogP contribution >= 0.6 is 15.6 Å². The molecule has 0 aliphatic heterocycles. The third-order valence-corrected chi connectivity index (χ3v) is 18.8. The molecule has 0 heterocycles. The lowest BCUT2D eigenvalue weighted by molar-refractivity contribution is -0.161. The average Bonchev–Trinajstić information content (AvgIpc) is 3.65. The lowest BCUT2D eigenvalue weighted by Crippen LogP contribution is -2.30. The first-order valence-electron chi connectivity index (χ1n) is 36.6. The first-order chi connectivity index (χ1) is 42.9. The molecule has 0 bridgehead atoms. The summed E-state index contributed by atoms with van der Waals surface area (Å²) in [7, 11) is -9.90. The van der Waals surface area contributed by atoms with Gasteiger partial charge in [0.1, 0.15) is 19.3 Å². The molecule has 0 spiro atoms. The van der Waals surface area contributed by atoms with Crippen molar-refractivity contribution < 1.29 is 80.2 Å². The first-order valence-corrected chi connectivity index (χ1v) is 39.6. The van der Waals surface area contributed by atoms with E-state index in [1.54, 1.807) is 0 Å². The Hall–Kier alpha value is -1.94. The fourth-order valence-electron chi connectivity index (χ4n) is 10.5. The van der Waals surface area contributed by atoms with E-state index in [2.05, 4.69) is 41.5 Å². The maximum absolute atomic E-state index is 13.0. The van der Waals surface area contributed by atoms with Crippen LogP contribution in [0, 0.1) is 11.8 Å². The molecule has 0 saturated carbocycles. The van der Waals surface area contributed by atoms with Gasteiger partial charge in [0.25, 0.3) is 0 Å². The highest BCUT2D eigenvalue weighted by molar-refractivity contribution is 7.47. The Labute approximate surface area is 543 Å². The van der Waals surface area contributed by atoms with Gasteiger partial charge in [-0.25, -0.2) is 9.13 Å². The lowest BCUT2D eigenvalue weighted by atomic mass is 9.99. The zero-order valence-corrected chi connectivity index (χ0v) is 59.5. The molecule has 0 radical (unpaired) electrons. The molecule has 17 nitrogen and oxygen atoms in total. The second-order valence-corrected chi connectivity index (χ2v) is 28.7. The highest BCUT2D eigenvalue weighted by Crippen LogP contribution is 2.45. The molecule has 0 aliphatic rings. The van der Waals surface area contributed by atoms with Crippen molar-refractivity contribution in [2.24, 2.45) is 11.8 Å². The summed E-state index contributed by atoms with van der Waals surface area (Å²) in [6, 6.07) is 0. The number of phosphoric acid groups is 2. The number of carbonyl (C=O) groups excluding carboxylic acids is 4. The number of phosphoric ester groups is 2. The van der Waals surface area contributed by atoms with Gasteiger partial charge in [-0.3, -0.25) is 37.3 Å². The summed E-state index contributed by atoms with van der Waals surface area (Å²) in [5.74, 6) is -0.631. The Kier molecular flexibility index (Phi) is 60.8. The molecular weight excluding hydrogens is 1170 g/mol. The summed E-state index contributed by atoms with van der Waals surface area (Å²) in [5.41, 5.74) is 0. The van der Waals surface area contributed by atoms with Crippen LogP contribution in [-0.4, -0.2) is 96.7 Å². The van der Waals surface area contributed by atoms with Crippen molar-refractivity contribution in [3.63, 3.8) is 0 Å². The van der Waals surface area contributed by atoms with Crippen LogP contribution in [0.3, 0.4) is 0 Å². The summed E-state index contributed by atoms with van der Waals surface area (Å²) in [6.07, 6.45) is 47.2. The third-order valence-electron chi connectivity index (χ3n) is 16.9. The van der Waals surface area contributed by atoms with E-state index >= 15 is 0 Å². The number of esters is 4. The van der Waals surface area contributed by atoms with Gasteiger partial charge in [0, 0.05) is 25.7 Å². The van der Waals surface area contributed by atoms with Gasteiger partial charge in [-0.2, -0.15) is 0 Å². The minimum absolute atomic E-state index is 0.103. The van der Waals surface area contributed by atoms with Crippen LogP contribution in [0.2, 0.25) is 0 Å². The summed E-state index contributed by atoms with van der Waals surface area (Å²) < 4.78 is 68.2. The van der Waals surface area contributed by atoms with Gasteiger partial charge in [0.15, 0.2) is 12.2 Å². The highest BCUT2D eigenvalue weighted by atomic mass is 31.2. The molecule has 19 heteroatoms. The summed E-state index contributed by atoms with van der Waals surface area (Å²) in [6.45, 7) is 9.49. The van der Waals surface area contributed by atoms with E-state index in [-0.39, 0.29) is 25.7 Å². The summed E-state index contributed by atoms with van der Waals surface area (Å²) >= 11 is 0. The molecule has 0 aromatic heterocycles. The van der Waals surface area contributed by atoms with Crippen molar-refractivity contribution in [1.29, 1.82) is 0 Å². The third kappa shape index (κ3) is 62.0. The van der Waals surface area contributed by atoms with Crippen LogP contribution in [0.4, 0.5) is 0 Å². The monoisotopic (exact) mass is 1310 g/mol. The molecule has 89 heavy (non-hydrogen) atoms. The van der Waals surface area contributed by atoms with Crippen molar-refractivity contribution >= 4 is 39.5 Å². The van der Waals surface area contributed by atoms with Gasteiger partial charge < -0.3 is 33.8 Å². The Balaban J connectivity index is 5.22. The van der Waals surface area contributed by atoms with E-state index in [9.17, 15) is 43.2 Å². The number of rotatable bonds is 69. The van der Waals surface area contributed by atoms with Crippen molar-refractivity contribution in [2.75, 3.05) is 39.6 Å².